The van der Waals surface area contributed by atoms with Crippen molar-refractivity contribution in [3.05, 3.63) is 62.0 Å². The number of nitrogens with zero attached hydrogens (tertiary/aromatic N) is 1. The molecule has 8 heteroatoms. The lowest BCUT2D eigenvalue weighted by Crippen LogP contribution is -2.15. The molecule has 0 aliphatic carbocycles. The Morgan fingerprint density at radius 2 is 1.85 bits per heavy atom. The molecule has 2 aromatic rings. The van der Waals surface area contributed by atoms with E-state index >= 15 is 0 Å². The number of nitro groups is 1. The first-order valence-electron chi connectivity index (χ1n) is 8.23. The maximum Gasteiger partial charge on any atom is 0.341 e. The predicted molar refractivity (Wildman–Crippen MR) is 105 cm³/mol. The van der Waals surface area contributed by atoms with Crippen molar-refractivity contribution in [2.45, 2.75) is 33.8 Å². The summed E-state index contributed by atoms with van der Waals surface area (Å²) in [6.07, 6.45) is 2.59. The van der Waals surface area contributed by atoms with Gasteiger partial charge < -0.3 is 10.1 Å². The minimum Gasteiger partial charge on any atom is -0.459 e. The lowest BCUT2D eigenvalue weighted by atomic mass is 10.1. The number of carbonyl (C=O) groups excluding carboxylic acids is 2. The van der Waals surface area contributed by atoms with Gasteiger partial charge in [-0.15, -0.1) is 11.3 Å². The molecule has 1 amide bonds. The molecule has 7 nitrogen and oxygen atoms in total. The van der Waals surface area contributed by atoms with Crippen LogP contribution >= 0.6 is 11.3 Å². The highest BCUT2D eigenvalue weighted by Gasteiger charge is 2.22. The monoisotopic (exact) mass is 388 g/mol. The second-order valence-corrected chi connectivity index (χ2v) is 7.34. The molecular weight excluding hydrogens is 368 g/mol. The molecule has 0 atom stereocenters. The highest BCUT2D eigenvalue weighted by Crippen LogP contribution is 2.33. The lowest BCUT2D eigenvalue weighted by molar-refractivity contribution is -0.384. The average molecular weight is 388 g/mol. The van der Waals surface area contributed by atoms with Crippen LogP contribution in [0.5, 0.6) is 0 Å². The van der Waals surface area contributed by atoms with E-state index in [0.29, 0.717) is 16.1 Å². The molecule has 0 spiro atoms. The summed E-state index contributed by atoms with van der Waals surface area (Å²) in [5.74, 6) is -0.880. The minimum absolute atomic E-state index is 0.0190. The quantitative estimate of drug-likeness (QED) is 0.340. The van der Waals surface area contributed by atoms with Gasteiger partial charge in [0.1, 0.15) is 5.00 Å². The van der Waals surface area contributed by atoms with Gasteiger partial charge in [0.15, 0.2) is 0 Å². The highest BCUT2D eigenvalue weighted by molar-refractivity contribution is 7.16. The molecule has 1 aromatic heterocycles. The summed E-state index contributed by atoms with van der Waals surface area (Å²) in [7, 11) is 0. The standard InChI is InChI=1S/C19H20N2O5S/c1-11(2)26-19(23)17-12(3)13(4)27-18(17)20-16(22)10-7-14-5-8-15(9-6-14)21(24)25/h5-11H,1-4H3,(H,20,22)/b10-7+. The number of nitro benzene ring substituents is 1. The van der Waals surface area contributed by atoms with Gasteiger partial charge in [0.2, 0.25) is 5.91 Å². The summed E-state index contributed by atoms with van der Waals surface area (Å²) in [5.41, 5.74) is 1.77. The number of amides is 1. The minimum atomic E-state index is -0.487. The van der Waals surface area contributed by atoms with Gasteiger partial charge in [-0.3, -0.25) is 14.9 Å². The van der Waals surface area contributed by atoms with Crippen molar-refractivity contribution in [3.8, 4) is 0 Å². The third-order valence-electron chi connectivity index (χ3n) is 3.70. The van der Waals surface area contributed by atoms with E-state index in [-0.39, 0.29) is 11.8 Å². The van der Waals surface area contributed by atoms with Gasteiger partial charge in [-0.2, -0.15) is 0 Å². The second-order valence-electron chi connectivity index (χ2n) is 6.11. The third-order valence-corrected chi connectivity index (χ3v) is 4.82. The highest BCUT2D eigenvalue weighted by atomic mass is 32.1. The number of non-ortho nitro benzene ring substituents is 1. The van der Waals surface area contributed by atoms with E-state index in [1.165, 1.54) is 29.5 Å². The number of benzene rings is 1. The van der Waals surface area contributed by atoms with Crippen LogP contribution in [0.2, 0.25) is 0 Å². The first-order chi connectivity index (χ1) is 12.7. The van der Waals surface area contributed by atoms with E-state index in [1.54, 1.807) is 32.1 Å². The molecule has 0 aliphatic heterocycles. The summed E-state index contributed by atoms with van der Waals surface area (Å²) in [4.78, 5) is 35.6. The van der Waals surface area contributed by atoms with Crippen LogP contribution < -0.4 is 5.32 Å². The van der Waals surface area contributed by atoms with Crippen LogP contribution in [0.1, 0.15) is 40.2 Å². The number of hydrogen-bond acceptors (Lipinski definition) is 6. The molecule has 0 radical (unpaired) electrons. The molecular formula is C19H20N2O5S. The average Bonchev–Trinajstić information content (AvgIpc) is 2.86. The van der Waals surface area contributed by atoms with E-state index in [9.17, 15) is 19.7 Å². The fourth-order valence-electron chi connectivity index (χ4n) is 2.27. The summed E-state index contributed by atoms with van der Waals surface area (Å²) < 4.78 is 5.26. The molecule has 0 unspecified atom stereocenters. The summed E-state index contributed by atoms with van der Waals surface area (Å²) >= 11 is 1.31. The molecule has 1 N–H and O–H groups in total. The number of esters is 1. The Bertz CT molecular complexity index is 898. The van der Waals surface area contributed by atoms with E-state index in [2.05, 4.69) is 5.32 Å². The second kappa shape index (κ2) is 8.59. The van der Waals surface area contributed by atoms with Crippen LogP contribution in [0.25, 0.3) is 6.08 Å². The zero-order valence-electron chi connectivity index (χ0n) is 15.4. The van der Waals surface area contributed by atoms with Crippen molar-refractivity contribution in [2.24, 2.45) is 0 Å². The van der Waals surface area contributed by atoms with Crippen molar-refractivity contribution < 1.29 is 19.2 Å². The number of rotatable bonds is 6. The fraction of sp³-hybridized carbons (Fsp3) is 0.263. The number of nitrogens with one attached hydrogen (secondary N) is 1. The van der Waals surface area contributed by atoms with Crippen LogP contribution in [-0.4, -0.2) is 22.9 Å². The first kappa shape index (κ1) is 20.3. The van der Waals surface area contributed by atoms with Crippen LogP contribution in [0, 0.1) is 24.0 Å². The number of carbonyl (C=O) groups is 2. The van der Waals surface area contributed by atoms with E-state index < -0.39 is 16.8 Å². The number of thiophene rings is 1. The van der Waals surface area contributed by atoms with Gasteiger partial charge in [-0.05, 0) is 57.0 Å². The number of anilines is 1. The molecule has 1 heterocycles. The lowest BCUT2D eigenvalue weighted by Gasteiger charge is -2.09. The fourth-order valence-corrected chi connectivity index (χ4v) is 3.32. The third kappa shape index (κ3) is 5.24. The van der Waals surface area contributed by atoms with Gasteiger partial charge in [0, 0.05) is 23.1 Å². The molecule has 0 bridgehead atoms. The maximum absolute atomic E-state index is 12.3. The van der Waals surface area contributed by atoms with Crippen molar-refractivity contribution >= 4 is 40.0 Å². The SMILES string of the molecule is Cc1sc(NC(=O)/C=C/c2ccc([N+](=O)[O-])cc2)c(C(=O)OC(C)C)c1C. The maximum atomic E-state index is 12.3. The van der Waals surface area contributed by atoms with Gasteiger partial charge >= 0.3 is 5.97 Å². The molecule has 0 fully saturated rings. The summed E-state index contributed by atoms with van der Waals surface area (Å²) in [6.45, 7) is 7.20. The van der Waals surface area contributed by atoms with E-state index in [1.807, 2.05) is 13.8 Å². The van der Waals surface area contributed by atoms with Crippen LogP contribution in [0.3, 0.4) is 0 Å². The van der Waals surface area contributed by atoms with E-state index in [4.69, 9.17) is 4.74 Å². The number of ether oxygens (including phenoxy) is 1. The Morgan fingerprint density at radius 3 is 2.41 bits per heavy atom. The van der Waals surface area contributed by atoms with Crippen molar-refractivity contribution in [2.75, 3.05) is 5.32 Å². The van der Waals surface area contributed by atoms with Gasteiger partial charge in [-0.1, -0.05) is 0 Å². The predicted octanol–water partition coefficient (Wildman–Crippen LogP) is 4.49. The number of hydrogen-bond donors (Lipinski definition) is 1. The van der Waals surface area contributed by atoms with Crippen molar-refractivity contribution in [3.63, 3.8) is 0 Å². The molecule has 27 heavy (non-hydrogen) atoms. The Balaban J connectivity index is 2.14. The smallest absolute Gasteiger partial charge is 0.341 e. The molecule has 2 rings (SSSR count). The zero-order chi connectivity index (χ0) is 20.1. The topological polar surface area (TPSA) is 98.5 Å². The van der Waals surface area contributed by atoms with E-state index in [0.717, 1.165) is 10.4 Å². The molecule has 142 valence electrons. The molecule has 0 aliphatic rings. The molecule has 0 saturated heterocycles. The van der Waals surface area contributed by atoms with Crippen LogP contribution in [0.4, 0.5) is 10.7 Å². The Kier molecular flexibility index (Phi) is 6.46. The van der Waals surface area contributed by atoms with Crippen molar-refractivity contribution in [1.29, 1.82) is 0 Å². The number of aryl methyl sites for hydroxylation is 1. The molecule has 1 aromatic carbocycles. The van der Waals surface area contributed by atoms with Gasteiger partial charge in [0.25, 0.3) is 5.69 Å². The Hall–Kier alpha value is -3.00. The summed E-state index contributed by atoms with van der Waals surface area (Å²) in [6, 6.07) is 5.83. The van der Waals surface area contributed by atoms with Crippen LogP contribution in [0.15, 0.2) is 30.3 Å². The van der Waals surface area contributed by atoms with Gasteiger partial charge in [-0.25, -0.2) is 4.79 Å². The molecule has 0 saturated carbocycles. The summed E-state index contributed by atoms with van der Waals surface area (Å²) in [5, 5.41) is 13.8. The normalized spacial score (nSPS) is 11.0. The van der Waals surface area contributed by atoms with Gasteiger partial charge in [0.05, 0.1) is 16.6 Å². The Morgan fingerprint density at radius 1 is 1.22 bits per heavy atom. The zero-order valence-corrected chi connectivity index (χ0v) is 16.3. The van der Waals surface area contributed by atoms with Crippen molar-refractivity contribution in [1.82, 2.24) is 0 Å². The first-order valence-corrected chi connectivity index (χ1v) is 9.05. The van der Waals surface area contributed by atoms with Crippen LogP contribution in [-0.2, 0) is 9.53 Å². The largest absolute Gasteiger partial charge is 0.459 e. The Labute approximate surface area is 160 Å².